The number of aryl methyl sites for hydroxylation is 1. The van der Waals surface area contributed by atoms with Crippen LogP contribution in [0, 0.1) is 0 Å². The Morgan fingerprint density at radius 2 is 2.33 bits per heavy atom. The Hall–Kier alpha value is -1.78. The highest BCUT2D eigenvalue weighted by Crippen LogP contribution is 2.01. The van der Waals surface area contributed by atoms with Crippen LogP contribution in [0.15, 0.2) is 23.5 Å². The van der Waals surface area contributed by atoms with Crippen molar-refractivity contribution in [2.75, 3.05) is 0 Å². The van der Waals surface area contributed by atoms with E-state index in [0.29, 0.717) is 5.69 Å². The molecule has 5 nitrogen and oxygen atoms in total. The van der Waals surface area contributed by atoms with E-state index in [4.69, 9.17) is 10.3 Å². The van der Waals surface area contributed by atoms with Crippen molar-refractivity contribution < 1.29 is 15.1 Å². The molecule has 0 saturated heterocycles. The van der Waals surface area contributed by atoms with Gasteiger partial charge in [0, 0.05) is 13.2 Å². The third-order valence-corrected chi connectivity index (χ3v) is 1.49. The van der Waals surface area contributed by atoms with Crippen molar-refractivity contribution in [1.82, 2.24) is 4.57 Å². The highest BCUT2D eigenvalue weighted by Gasteiger charge is 2.15. The van der Waals surface area contributed by atoms with Crippen LogP contribution in [-0.2, 0) is 11.8 Å². The van der Waals surface area contributed by atoms with Gasteiger partial charge in [0.1, 0.15) is 0 Å². The number of carbonyl (C=O) groups is 1. The van der Waals surface area contributed by atoms with Crippen molar-refractivity contribution in [2.45, 2.75) is 0 Å². The molecule has 1 rings (SSSR count). The van der Waals surface area contributed by atoms with Crippen LogP contribution in [0.4, 0.5) is 0 Å². The van der Waals surface area contributed by atoms with Crippen molar-refractivity contribution in [3.8, 4) is 0 Å². The molecule has 5 heteroatoms. The van der Waals surface area contributed by atoms with Gasteiger partial charge < -0.3 is 14.9 Å². The van der Waals surface area contributed by atoms with Crippen molar-refractivity contribution in [2.24, 2.45) is 12.2 Å². The maximum Gasteiger partial charge on any atom is 0.360 e. The van der Waals surface area contributed by atoms with Crippen LogP contribution in [-0.4, -0.2) is 26.6 Å². The number of aromatic nitrogens is 1. The third kappa shape index (κ3) is 1.29. The molecule has 1 aromatic rings. The fourth-order valence-corrected chi connectivity index (χ4v) is 0.911. The number of oxime groups is 1. The number of hydrogen-bond donors (Lipinski definition) is 2. The summed E-state index contributed by atoms with van der Waals surface area (Å²) in [6.07, 6.45) is 1.67. The van der Waals surface area contributed by atoms with Gasteiger partial charge in [-0.3, -0.25) is 0 Å². The number of hydrogen-bond acceptors (Lipinski definition) is 3. The zero-order valence-electron chi connectivity index (χ0n) is 6.43. The number of carboxylic acids is 1. The van der Waals surface area contributed by atoms with Crippen LogP contribution in [0.2, 0.25) is 0 Å². The quantitative estimate of drug-likeness (QED) is 0.378. The van der Waals surface area contributed by atoms with Crippen LogP contribution >= 0.6 is 0 Å². The molecule has 1 heterocycles. The molecule has 0 aliphatic heterocycles. The summed E-state index contributed by atoms with van der Waals surface area (Å²) in [6.45, 7) is 0. The average Bonchev–Trinajstić information content (AvgIpc) is 2.38. The van der Waals surface area contributed by atoms with Gasteiger partial charge in [0.15, 0.2) is 0 Å². The lowest BCUT2D eigenvalue weighted by Crippen LogP contribution is -2.17. The molecule has 0 unspecified atom stereocenters. The highest BCUT2D eigenvalue weighted by atomic mass is 16.4. The predicted octanol–water partition coefficient (Wildman–Crippen LogP) is 0.288. The summed E-state index contributed by atoms with van der Waals surface area (Å²) >= 11 is 0. The Kier molecular flexibility index (Phi) is 2.14. The van der Waals surface area contributed by atoms with E-state index in [9.17, 15) is 4.79 Å². The molecule has 0 amide bonds. The summed E-state index contributed by atoms with van der Waals surface area (Å²) in [5.74, 6) is -1.25. The molecule has 2 N–H and O–H groups in total. The monoisotopic (exact) mass is 168 g/mol. The van der Waals surface area contributed by atoms with Crippen LogP contribution < -0.4 is 0 Å². The van der Waals surface area contributed by atoms with E-state index in [1.165, 1.54) is 0 Å². The Morgan fingerprint density at radius 1 is 1.67 bits per heavy atom. The lowest BCUT2D eigenvalue weighted by molar-refractivity contribution is -0.129. The standard InChI is InChI=1S/C7H8N2O3/c1-9-4-2-3-5(9)6(8-12)7(10)11/h2-4,12H,1H3,(H,10,11)/b8-6-. The second-order valence-electron chi connectivity index (χ2n) is 2.26. The molecule has 0 aliphatic rings. The zero-order chi connectivity index (χ0) is 9.14. The fraction of sp³-hybridized carbons (Fsp3) is 0.143. The van der Waals surface area contributed by atoms with E-state index < -0.39 is 5.97 Å². The van der Waals surface area contributed by atoms with Gasteiger partial charge in [-0.05, 0) is 12.1 Å². The highest BCUT2D eigenvalue weighted by molar-refractivity contribution is 6.41. The first-order valence-corrected chi connectivity index (χ1v) is 3.24. The summed E-state index contributed by atoms with van der Waals surface area (Å²) in [4.78, 5) is 10.5. The summed E-state index contributed by atoms with van der Waals surface area (Å²) in [7, 11) is 1.67. The second kappa shape index (κ2) is 3.08. The molecular weight excluding hydrogens is 160 g/mol. The van der Waals surface area contributed by atoms with Crippen molar-refractivity contribution in [1.29, 1.82) is 0 Å². The Labute approximate surface area is 68.5 Å². The Morgan fingerprint density at radius 3 is 2.67 bits per heavy atom. The fourth-order valence-electron chi connectivity index (χ4n) is 0.911. The molecule has 0 bridgehead atoms. The smallest absolute Gasteiger partial charge is 0.360 e. The number of carboxylic acid groups (broad SMARTS) is 1. The van der Waals surface area contributed by atoms with Gasteiger partial charge in [0.2, 0.25) is 5.71 Å². The maximum atomic E-state index is 10.5. The number of nitrogens with zero attached hydrogens (tertiary/aromatic N) is 2. The average molecular weight is 168 g/mol. The molecule has 0 saturated carbocycles. The van der Waals surface area contributed by atoms with Crippen LogP contribution in [0.1, 0.15) is 5.69 Å². The third-order valence-electron chi connectivity index (χ3n) is 1.49. The first-order chi connectivity index (χ1) is 5.66. The normalized spacial score (nSPS) is 11.6. The summed E-state index contributed by atoms with van der Waals surface area (Å²) < 4.78 is 1.56. The largest absolute Gasteiger partial charge is 0.476 e. The number of aliphatic carboxylic acids is 1. The number of rotatable bonds is 2. The summed E-state index contributed by atoms with van der Waals surface area (Å²) in [6, 6.07) is 3.23. The van der Waals surface area contributed by atoms with Gasteiger partial charge in [0.05, 0.1) is 5.69 Å². The maximum absolute atomic E-state index is 10.5. The first-order valence-electron chi connectivity index (χ1n) is 3.24. The topological polar surface area (TPSA) is 74.8 Å². The minimum absolute atomic E-state index is 0.359. The van der Waals surface area contributed by atoms with Crippen molar-refractivity contribution in [3.05, 3.63) is 24.0 Å². The van der Waals surface area contributed by atoms with Crippen molar-refractivity contribution in [3.63, 3.8) is 0 Å². The lowest BCUT2D eigenvalue weighted by Gasteiger charge is -1.99. The molecule has 0 aliphatic carbocycles. The molecular formula is C7H8N2O3. The molecule has 0 aromatic carbocycles. The molecule has 0 atom stereocenters. The van der Waals surface area contributed by atoms with Gasteiger partial charge in [-0.15, -0.1) is 0 Å². The van der Waals surface area contributed by atoms with E-state index >= 15 is 0 Å². The second-order valence-corrected chi connectivity index (χ2v) is 2.26. The van der Waals surface area contributed by atoms with E-state index in [1.54, 1.807) is 29.9 Å². The molecule has 0 radical (unpaired) electrons. The zero-order valence-corrected chi connectivity index (χ0v) is 6.43. The van der Waals surface area contributed by atoms with E-state index in [0.717, 1.165) is 0 Å². The van der Waals surface area contributed by atoms with Crippen LogP contribution in [0.3, 0.4) is 0 Å². The molecule has 0 spiro atoms. The lowest BCUT2D eigenvalue weighted by atomic mass is 10.3. The Balaban J connectivity index is 3.13. The van der Waals surface area contributed by atoms with Gasteiger partial charge in [-0.2, -0.15) is 0 Å². The van der Waals surface area contributed by atoms with Gasteiger partial charge in [-0.25, -0.2) is 4.79 Å². The molecule has 64 valence electrons. The van der Waals surface area contributed by atoms with E-state index in [-0.39, 0.29) is 5.71 Å². The summed E-state index contributed by atoms with van der Waals surface area (Å²) in [5.41, 5.74) is 0.00694. The predicted molar refractivity (Wildman–Crippen MR) is 41.4 cm³/mol. The van der Waals surface area contributed by atoms with Gasteiger partial charge in [-0.1, -0.05) is 5.16 Å². The minimum Gasteiger partial charge on any atom is -0.476 e. The summed E-state index contributed by atoms with van der Waals surface area (Å²) in [5, 5.41) is 19.6. The molecule has 12 heavy (non-hydrogen) atoms. The molecule has 1 aromatic heterocycles. The van der Waals surface area contributed by atoms with E-state index in [2.05, 4.69) is 5.16 Å². The minimum atomic E-state index is -1.25. The van der Waals surface area contributed by atoms with Gasteiger partial charge in [0.25, 0.3) is 0 Å². The van der Waals surface area contributed by atoms with Crippen molar-refractivity contribution >= 4 is 11.7 Å². The van der Waals surface area contributed by atoms with Crippen LogP contribution in [0.5, 0.6) is 0 Å². The van der Waals surface area contributed by atoms with E-state index in [1.807, 2.05) is 0 Å². The first kappa shape index (κ1) is 8.32. The molecule has 0 fully saturated rings. The Bertz CT molecular complexity index is 327. The van der Waals surface area contributed by atoms with Crippen LogP contribution in [0.25, 0.3) is 0 Å². The van der Waals surface area contributed by atoms with Gasteiger partial charge >= 0.3 is 5.97 Å². The SMILES string of the molecule is Cn1cccc1/C(=N/O)C(=O)O.